The number of carbonyl (C=O) groups excluding carboxylic acids is 1. The number of nitrogens with zero attached hydrogens (tertiary/aromatic N) is 5. The van der Waals surface area contributed by atoms with E-state index in [-0.39, 0.29) is 41.2 Å². The molecule has 4 saturated heterocycles. The van der Waals surface area contributed by atoms with E-state index < -0.39 is 5.82 Å². The number of piperidine rings is 4. The number of amides is 1. The van der Waals surface area contributed by atoms with Crippen LogP contribution in [0.5, 0.6) is 0 Å². The molecule has 6 heterocycles. The van der Waals surface area contributed by atoms with Gasteiger partial charge in [0.25, 0.3) is 5.91 Å². The molecular weight excluding hydrogens is 437 g/mol. The van der Waals surface area contributed by atoms with Gasteiger partial charge in [0.2, 0.25) is 0 Å². The Kier molecular flexibility index (Phi) is 6.99. The van der Waals surface area contributed by atoms with Gasteiger partial charge in [-0.15, -0.1) is 5.10 Å². The Labute approximate surface area is 199 Å². The molecule has 9 nitrogen and oxygen atoms in total. The first-order chi connectivity index (χ1) is 16.5. The first kappa shape index (κ1) is 23.4. The Morgan fingerprint density at radius 1 is 1.21 bits per heavy atom. The molecule has 0 radical (unpaired) electrons. The predicted molar refractivity (Wildman–Crippen MR) is 127 cm³/mol. The smallest absolute Gasteiger partial charge is 0.259 e. The monoisotopic (exact) mass is 473 g/mol. The minimum atomic E-state index is -0.539. The third-order valence-electron chi connectivity index (χ3n) is 7.67. The summed E-state index contributed by atoms with van der Waals surface area (Å²) in [5, 5.41) is 7.26. The Hall–Kier alpha value is -2.30. The van der Waals surface area contributed by atoms with Crippen molar-refractivity contribution in [1.82, 2.24) is 29.7 Å². The normalized spacial score (nSPS) is 29.5. The molecule has 0 spiro atoms. The third-order valence-corrected chi connectivity index (χ3v) is 7.67. The van der Waals surface area contributed by atoms with Gasteiger partial charge in [0, 0.05) is 19.6 Å². The number of aromatic nitrogens is 3. The average Bonchev–Trinajstić information content (AvgIpc) is 3.16. The number of likely N-dealkylation sites (tertiary alicyclic amines) is 1. The van der Waals surface area contributed by atoms with Gasteiger partial charge in [0.1, 0.15) is 5.56 Å². The lowest BCUT2D eigenvalue weighted by Gasteiger charge is -2.47. The lowest BCUT2D eigenvalue weighted by atomic mass is 9.85. The maximum Gasteiger partial charge on any atom is 0.259 e. The number of halogens is 1. The van der Waals surface area contributed by atoms with Crippen molar-refractivity contribution in [3.05, 3.63) is 23.8 Å². The highest BCUT2D eigenvalue weighted by atomic mass is 19.1. The molecule has 4 aliphatic rings. The molecule has 2 aromatic rings. The number of nitrogen functional groups attached to an aromatic ring is 1. The number of nitrogens with one attached hydrogen (secondary N) is 1. The van der Waals surface area contributed by atoms with Crippen molar-refractivity contribution in [1.29, 1.82) is 0 Å². The fourth-order valence-corrected chi connectivity index (χ4v) is 5.77. The van der Waals surface area contributed by atoms with Gasteiger partial charge in [0.15, 0.2) is 17.3 Å². The van der Waals surface area contributed by atoms with E-state index >= 15 is 0 Å². The number of unbranched alkanes of at least 4 members (excludes halogenated alkanes) is 2. The summed E-state index contributed by atoms with van der Waals surface area (Å²) >= 11 is 0. The largest absolute Gasteiger partial charge is 0.381 e. The molecule has 10 heteroatoms. The molecule has 0 aromatic carbocycles. The van der Waals surface area contributed by atoms with Crippen LogP contribution in [0, 0.1) is 11.7 Å². The summed E-state index contributed by atoms with van der Waals surface area (Å²) in [6.07, 6.45) is 9.23. The molecule has 3 N–H and O–H groups in total. The molecule has 34 heavy (non-hydrogen) atoms. The summed E-state index contributed by atoms with van der Waals surface area (Å²) in [5.74, 6) is -0.225. The van der Waals surface area contributed by atoms with Crippen molar-refractivity contribution in [2.24, 2.45) is 5.92 Å². The molecule has 6 rings (SSSR count). The Morgan fingerprint density at radius 3 is 2.76 bits per heavy atom. The summed E-state index contributed by atoms with van der Waals surface area (Å²) < 4.78 is 21.5. The van der Waals surface area contributed by atoms with E-state index in [2.05, 4.69) is 32.1 Å². The zero-order valence-electron chi connectivity index (χ0n) is 20.0. The maximum atomic E-state index is 13.6. The van der Waals surface area contributed by atoms with Crippen molar-refractivity contribution >= 4 is 17.4 Å². The number of rotatable bonds is 8. The molecule has 1 amide bonds. The van der Waals surface area contributed by atoms with Gasteiger partial charge in [-0.3, -0.25) is 4.79 Å². The van der Waals surface area contributed by atoms with Crippen LogP contribution in [-0.4, -0.2) is 87.8 Å². The van der Waals surface area contributed by atoms with E-state index in [9.17, 15) is 9.18 Å². The van der Waals surface area contributed by atoms with Crippen LogP contribution in [0.3, 0.4) is 0 Å². The molecule has 2 bridgehead atoms. The third kappa shape index (κ3) is 4.89. The molecule has 3 unspecified atom stereocenters. The van der Waals surface area contributed by atoms with E-state index in [0.717, 1.165) is 45.2 Å². The quantitative estimate of drug-likeness (QED) is 0.565. The van der Waals surface area contributed by atoms with E-state index in [0.29, 0.717) is 5.92 Å². The highest BCUT2D eigenvalue weighted by Gasteiger charge is 2.39. The van der Waals surface area contributed by atoms with Crippen LogP contribution in [0.2, 0.25) is 0 Å². The molecule has 0 saturated carbocycles. The van der Waals surface area contributed by atoms with Crippen molar-refractivity contribution in [2.45, 2.75) is 63.7 Å². The number of ether oxygens (including phenoxy) is 1. The molecular formula is C24H36FN7O2. The molecule has 4 aliphatic heterocycles. The molecule has 4 fully saturated rings. The molecule has 2 aromatic heterocycles. The first-order valence-corrected chi connectivity index (χ1v) is 12.7. The number of anilines is 1. The van der Waals surface area contributed by atoms with Crippen molar-refractivity contribution < 1.29 is 13.9 Å². The fourth-order valence-electron chi connectivity index (χ4n) is 5.77. The molecule has 186 valence electrons. The van der Waals surface area contributed by atoms with Crippen LogP contribution >= 0.6 is 0 Å². The second kappa shape index (κ2) is 10.1. The first-order valence-electron chi connectivity index (χ1n) is 12.7. The van der Waals surface area contributed by atoms with Crippen LogP contribution in [0.15, 0.2) is 12.4 Å². The topological polar surface area (TPSA) is 101 Å². The number of hydrogen-bond donors (Lipinski definition) is 2. The summed E-state index contributed by atoms with van der Waals surface area (Å²) in [6, 6.07) is -0.159. The van der Waals surface area contributed by atoms with Crippen LogP contribution in [0.25, 0.3) is 5.65 Å². The number of fused-ring (bicyclic) bond motifs is 4. The van der Waals surface area contributed by atoms with Crippen molar-refractivity contribution in [3.8, 4) is 0 Å². The van der Waals surface area contributed by atoms with Crippen molar-refractivity contribution in [3.63, 3.8) is 0 Å². The predicted octanol–water partition coefficient (Wildman–Crippen LogP) is 1.92. The van der Waals surface area contributed by atoms with Gasteiger partial charge < -0.3 is 25.6 Å². The Balaban J connectivity index is 1.32. The average molecular weight is 474 g/mol. The van der Waals surface area contributed by atoms with E-state index in [1.807, 2.05) is 0 Å². The summed E-state index contributed by atoms with van der Waals surface area (Å²) in [6.45, 7) is 8.26. The Bertz CT molecular complexity index is 1010. The highest BCUT2D eigenvalue weighted by molar-refractivity contribution is 6.04. The van der Waals surface area contributed by atoms with Crippen LogP contribution in [-0.2, 0) is 4.74 Å². The number of carbonyl (C=O) groups is 1. The van der Waals surface area contributed by atoms with E-state index in [1.165, 1.54) is 49.5 Å². The van der Waals surface area contributed by atoms with Crippen molar-refractivity contribution in [2.75, 3.05) is 45.0 Å². The number of hydrogen-bond acceptors (Lipinski definition) is 7. The zero-order chi connectivity index (χ0) is 23.7. The molecule has 0 aliphatic carbocycles. The second-order valence-electron chi connectivity index (χ2n) is 10.0. The van der Waals surface area contributed by atoms with Gasteiger partial charge in [-0.05, 0) is 51.2 Å². The van der Waals surface area contributed by atoms with Crippen LogP contribution in [0.4, 0.5) is 10.2 Å². The fraction of sp³-hybridized carbons (Fsp3) is 0.708. The summed E-state index contributed by atoms with van der Waals surface area (Å²) in [7, 11) is 0. The van der Waals surface area contributed by atoms with Gasteiger partial charge in [-0.25, -0.2) is 13.9 Å². The van der Waals surface area contributed by atoms with E-state index in [4.69, 9.17) is 10.5 Å². The van der Waals surface area contributed by atoms with E-state index in [1.54, 1.807) is 0 Å². The number of nitrogens with two attached hydrogens (primary N) is 1. The SMILES string of the molecule is CCCCCN1CCC(OC2CN3CCC2CC3)C(NC(=O)c2c(N)nn3cc(F)cnc23)C1. The second-order valence-corrected chi connectivity index (χ2v) is 10.0. The summed E-state index contributed by atoms with van der Waals surface area (Å²) in [5.41, 5.74) is 6.48. The maximum absolute atomic E-state index is 13.6. The summed E-state index contributed by atoms with van der Waals surface area (Å²) in [4.78, 5) is 22.3. The van der Waals surface area contributed by atoms with Crippen LogP contribution in [0.1, 0.15) is 55.8 Å². The van der Waals surface area contributed by atoms with Gasteiger partial charge >= 0.3 is 0 Å². The zero-order valence-corrected chi connectivity index (χ0v) is 20.0. The highest BCUT2D eigenvalue weighted by Crippen LogP contribution is 2.32. The van der Waals surface area contributed by atoms with Gasteiger partial charge in [0.05, 0.1) is 30.6 Å². The van der Waals surface area contributed by atoms with Crippen LogP contribution < -0.4 is 11.1 Å². The molecule has 3 atom stereocenters. The Morgan fingerprint density at radius 2 is 2.03 bits per heavy atom. The standard InChI is InChI=1S/C24H36FN7O2/c1-2-3-4-8-30-11-7-19(34-20-15-31-9-5-16(20)6-10-31)18(14-30)28-24(33)21-22(26)29-32-13-17(25)12-27-23(21)32/h12-13,16,18-20H,2-11,14-15H2,1H3,(H2,26,29)(H,28,33). The minimum Gasteiger partial charge on any atom is -0.381 e. The lowest BCUT2D eigenvalue weighted by molar-refractivity contribution is -0.124. The van der Waals surface area contributed by atoms with Gasteiger partial charge in [-0.1, -0.05) is 19.8 Å². The lowest BCUT2D eigenvalue weighted by Crippen LogP contribution is -2.59. The van der Waals surface area contributed by atoms with Gasteiger partial charge in [-0.2, -0.15) is 0 Å². The minimum absolute atomic E-state index is 0.0427.